The van der Waals surface area contributed by atoms with Gasteiger partial charge in [-0.3, -0.25) is 24.5 Å². The standard InChI is InChI=1S/C48H56ClN11O6/c1-50-44(62)38-11-2-3-12-40(38)55-43-39(49)31-53-47(57-43)54-35-14-16-36(17-15-35)58-24-26-59(27-25-58)48(65)52-23-7-9-29-66-28-8-6-22-51-21-5-4-10-33-13-18-37-34(30-33)32-60(46(37)64)41-19-20-42(61)56-45(41)63/h2-3,11-18,30-31,41,51H,5-9,19-29,32H2,1H3,(H,50,62)(H,52,65)(H,56,61,63)(H2,53,54,55,57). The summed E-state index contributed by atoms with van der Waals surface area (Å²) >= 11 is 6.39. The Balaban J connectivity index is 0.696. The molecule has 0 saturated carbocycles. The van der Waals surface area contributed by atoms with E-state index >= 15 is 0 Å². The molecule has 0 radical (unpaired) electrons. The number of piperidine rings is 1. The molecule has 0 bridgehead atoms. The number of carbonyl (C=O) groups is 5. The largest absolute Gasteiger partial charge is 0.381 e. The van der Waals surface area contributed by atoms with Crippen LogP contribution in [0.2, 0.25) is 5.02 Å². The molecule has 17 nitrogen and oxygen atoms in total. The first-order valence-corrected chi connectivity index (χ1v) is 22.8. The van der Waals surface area contributed by atoms with Gasteiger partial charge in [0, 0.05) is 101 Å². The van der Waals surface area contributed by atoms with Crippen LogP contribution in [0.3, 0.4) is 0 Å². The number of urea groups is 1. The lowest BCUT2D eigenvalue weighted by molar-refractivity contribution is -0.136. The van der Waals surface area contributed by atoms with Crippen LogP contribution >= 0.6 is 11.6 Å². The van der Waals surface area contributed by atoms with Crippen LogP contribution in [0.1, 0.15) is 76.8 Å². The number of anilines is 5. The van der Waals surface area contributed by atoms with Crippen molar-refractivity contribution in [2.75, 3.05) is 81.6 Å². The van der Waals surface area contributed by atoms with Crippen LogP contribution in [0, 0.1) is 11.8 Å². The van der Waals surface area contributed by atoms with Gasteiger partial charge in [0.15, 0.2) is 5.82 Å². The smallest absolute Gasteiger partial charge is 0.317 e. The fourth-order valence-corrected chi connectivity index (χ4v) is 8.04. The maximum atomic E-state index is 12.9. The second-order valence-electron chi connectivity index (χ2n) is 16.1. The van der Waals surface area contributed by atoms with Crippen molar-refractivity contribution in [2.24, 2.45) is 0 Å². The zero-order chi connectivity index (χ0) is 46.3. The second-order valence-corrected chi connectivity index (χ2v) is 16.5. The number of carbonyl (C=O) groups excluding carboxylic acids is 5. The van der Waals surface area contributed by atoms with Crippen molar-refractivity contribution >= 4 is 70.1 Å². The van der Waals surface area contributed by atoms with E-state index in [1.807, 2.05) is 47.4 Å². The molecule has 2 saturated heterocycles. The highest BCUT2D eigenvalue weighted by molar-refractivity contribution is 6.33. The number of hydrogen-bond acceptors (Lipinski definition) is 12. The second kappa shape index (κ2) is 23.4. The van der Waals surface area contributed by atoms with E-state index < -0.39 is 11.9 Å². The molecule has 6 N–H and O–H groups in total. The Hall–Kier alpha value is -6.74. The summed E-state index contributed by atoms with van der Waals surface area (Å²) in [7, 11) is 1.58. The van der Waals surface area contributed by atoms with Gasteiger partial charge in [-0.25, -0.2) is 9.78 Å². The Morgan fingerprint density at radius 2 is 1.68 bits per heavy atom. The highest BCUT2D eigenvalue weighted by atomic mass is 35.5. The number of fused-ring (bicyclic) bond motifs is 1. The number of para-hydroxylation sites is 1. The first-order chi connectivity index (χ1) is 32.2. The molecule has 0 aliphatic carbocycles. The van der Waals surface area contributed by atoms with E-state index in [4.69, 9.17) is 16.3 Å². The summed E-state index contributed by atoms with van der Waals surface area (Å²) < 4.78 is 5.81. The van der Waals surface area contributed by atoms with Crippen molar-refractivity contribution < 1.29 is 28.7 Å². The van der Waals surface area contributed by atoms with Crippen molar-refractivity contribution in [2.45, 2.75) is 57.5 Å². The van der Waals surface area contributed by atoms with E-state index in [1.54, 1.807) is 36.2 Å². The van der Waals surface area contributed by atoms with Crippen LogP contribution in [0.5, 0.6) is 0 Å². The van der Waals surface area contributed by atoms with Crippen molar-refractivity contribution in [3.05, 3.63) is 100 Å². The minimum atomic E-state index is -0.624. The van der Waals surface area contributed by atoms with Crippen LogP contribution in [0.4, 0.5) is 33.6 Å². The summed E-state index contributed by atoms with van der Waals surface area (Å²) in [5, 5.41) is 18.1. The van der Waals surface area contributed by atoms with Crippen LogP contribution < -0.4 is 36.8 Å². The lowest BCUT2D eigenvalue weighted by Gasteiger charge is -2.36. The Morgan fingerprint density at radius 3 is 2.45 bits per heavy atom. The van der Waals surface area contributed by atoms with Gasteiger partial charge in [-0.1, -0.05) is 35.6 Å². The third-order valence-electron chi connectivity index (χ3n) is 11.5. The van der Waals surface area contributed by atoms with Crippen LogP contribution in [0.25, 0.3) is 0 Å². The number of benzene rings is 3. The monoisotopic (exact) mass is 917 g/mol. The van der Waals surface area contributed by atoms with Gasteiger partial charge in [0.05, 0.1) is 17.4 Å². The molecule has 4 aromatic rings. The Morgan fingerprint density at radius 1 is 0.909 bits per heavy atom. The van der Waals surface area contributed by atoms with Crippen molar-refractivity contribution in [1.29, 1.82) is 0 Å². The molecule has 0 spiro atoms. The summed E-state index contributed by atoms with van der Waals surface area (Å²) in [4.78, 5) is 76.4. The van der Waals surface area contributed by atoms with E-state index in [-0.39, 0.29) is 30.2 Å². The van der Waals surface area contributed by atoms with E-state index in [1.165, 1.54) is 6.20 Å². The van der Waals surface area contributed by atoms with E-state index in [9.17, 15) is 24.0 Å². The third-order valence-corrected chi connectivity index (χ3v) is 11.8. The minimum absolute atomic E-state index is 0.0384. The molecular weight excluding hydrogens is 862 g/mol. The first kappa shape index (κ1) is 47.2. The van der Waals surface area contributed by atoms with Crippen LogP contribution in [-0.4, -0.2) is 122 Å². The van der Waals surface area contributed by atoms with E-state index in [0.29, 0.717) is 85.8 Å². The number of aromatic nitrogens is 2. The third kappa shape index (κ3) is 12.7. The quantitative estimate of drug-likeness (QED) is 0.0410. The summed E-state index contributed by atoms with van der Waals surface area (Å²) in [5.74, 6) is 5.96. The van der Waals surface area contributed by atoms with Crippen LogP contribution in [0.15, 0.2) is 72.9 Å². The lowest BCUT2D eigenvalue weighted by Crippen LogP contribution is -2.52. The van der Waals surface area contributed by atoms with Crippen molar-refractivity contribution in [3.8, 4) is 11.8 Å². The lowest BCUT2D eigenvalue weighted by atomic mass is 10.0. The van der Waals surface area contributed by atoms with Gasteiger partial charge in [-0.2, -0.15) is 4.98 Å². The molecule has 346 valence electrons. The number of nitrogens with zero attached hydrogens (tertiary/aromatic N) is 5. The highest BCUT2D eigenvalue weighted by Crippen LogP contribution is 2.29. The molecule has 6 amide bonds. The van der Waals surface area contributed by atoms with Gasteiger partial charge in [0.25, 0.3) is 11.8 Å². The van der Waals surface area contributed by atoms with Gasteiger partial charge in [0.1, 0.15) is 11.1 Å². The number of piperazine rings is 1. The zero-order valence-corrected chi connectivity index (χ0v) is 37.8. The van der Waals surface area contributed by atoms with E-state index in [2.05, 4.69) is 58.6 Å². The highest BCUT2D eigenvalue weighted by Gasteiger charge is 2.39. The van der Waals surface area contributed by atoms with Gasteiger partial charge in [-0.05, 0) is 98.8 Å². The Bertz CT molecular complexity index is 2430. The average molecular weight is 918 g/mol. The maximum Gasteiger partial charge on any atom is 0.317 e. The number of amides is 6. The number of ether oxygens (including phenoxy) is 1. The first-order valence-electron chi connectivity index (χ1n) is 22.5. The average Bonchev–Trinajstić information content (AvgIpc) is 3.65. The number of halogens is 1. The molecule has 1 aromatic heterocycles. The molecule has 1 unspecified atom stereocenters. The molecule has 7 rings (SSSR count). The summed E-state index contributed by atoms with van der Waals surface area (Å²) in [6.07, 6.45) is 6.46. The molecule has 66 heavy (non-hydrogen) atoms. The van der Waals surface area contributed by atoms with Crippen molar-refractivity contribution in [3.63, 3.8) is 0 Å². The SMILES string of the molecule is CNC(=O)c1ccccc1Nc1nc(Nc2ccc(N3CCN(C(=O)NCCCCOCCCCNCCC#Cc4ccc5c(c4)CN(C4CCC(=O)NC4=O)C5=O)CC3)cc2)ncc1Cl. The topological polar surface area (TPSA) is 202 Å². The predicted molar refractivity (Wildman–Crippen MR) is 253 cm³/mol. The van der Waals surface area contributed by atoms with Gasteiger partial charge in [0.2, 0.25) is 17.8 Å². The molecule has 3 aromatic carbocycles. The van der Waals surface area contributed by atoms with Gasteiger partial charge >= 0.3 is 6.03 Å². The molecule has 3 aliphatic heterocycles. The molecule has 1 atom stereocenters. The number of rotatable bonds is 19. The molecule has 2 fully saturated rings. The molecule has 18 heteroatoms. The molecule has 3 aliphatic rings. The Labute approximate surface area is 389 Å². The van der Waals surface area contributed by atoms with Crippen LogP contribution in [-0.2, 0) is 20.9 Å². The zero-order valence-electron chi connectivity index (χ0n) is 37.1. The normalized spacial score (nSPS) is 15.7. The number of nitrogens with one attached hydrogen (secondary N) is 6. The minimum Gasteiger partial charge on any atom is -0.381 e. The number of imide groups is 1. The molecular formula is C48H56ClN11O6. The van der Waals surface area contributed by atoms with Crippen molar-refractivity contribution in [1.82, 2.24) is 41.0 Å². The summed E-state index contributed by atoms with van der Waals surface area (Å²) in [5.41, 5.74) is 5.15. The summed E-state index contributed by atoms with van der Waals surface area (Å²) in [6.45, 7) is 6.68. The number of hydrogen-bond donors (Lipinski definition) is 6. The predicted octanol–water partition coefficient (Wildman–Crippen LogP) is 5.18. The fourth-order valence-electron chi connectivity index (χ4n) is 7.90. The van der Waals surface area contributed by atoms with Gasteiger partial charge < -0.3 is 46.0 Å². The fraction of sp³-hybridized carbons (Fsp3) is 0.396. The Kier molecular flexibility index (Phi) is 16.8. The van der Waals surface area contributed by atoms with E-state index in [0.717, 1.165) is 74.4 Å². The summed E-state index contributed by atoms with van der Waals surface area (Å²) in [6, 6.07) is 19.9. The van der Waals surface area contributed by atoms with Gasteiger partial charge in [-0.15, -0.1) is 0 Å². The molecule has 4 heterocycles. The maximum absolute atomic E-state index is 12.9. The number of unbranched alkanes of at least 4 members (excludes halogenated alkanes) is 2.